The third kappa shape index (κ3) is 3.54. The van der Waals surface area contributed by atoms with Crippen LogP contribution in [0.4, 0.5) is 5.69 Å². The van der Waals surface area contributed by atoms with Crippen molar-refractivity contribution in [2.24, 2.45) is 23.2 Å². The Hall–Kier alpha value is -2.10. The molecule has 1 aromatic heterocycles. The first-order chi connectivity index (χ1) is 13.1. The van der Waals surface area contributed by atoms with Gasteiger partial charge in [-0.15, -0.1) is 0 Å². The number of hydrogen-bond acceptors (Lipinski definition) is 2. The Morgan fingerprint density at radius 1 is 1.11 bits per heavy atom. The first kappa shape index (κ1) is 17.0. The Kier molecular flexibility index (Phi) is 4.10. The van der Waals surface area contributed by atoms with Crippen LogP contribution < -0.4 is 5.32 Å². The van der Waals surface area contributed by atoms with Gasteiger partial charge in [-0.2, -0.15) is 5.10 Å². The van der Waals surface area contributed by atoms with Crippen LogP contribution in [0.2, 0.25) is 0 Å². The van der Waals surface area contributed by atoms with E-state index < -0.39 is 0 Å². The van der Waals surface area contributed by atoms with Gasteiger partial charge in [-0.1, -0.05) is 29.8 Å². The molecule has 1 N–H and O–H groups in total. The Bertz CT molecular complexity index is 800. The van der Waals surface area contributed by atoms with Crippen LogP contribution in [-0.4, -0.2) is 15.7 Å². The molecule has 4 aliphatic carbocycles. The van der Waals surface area contributed by atoms with Crippen molar-refractivity contribution in [3.8, 4) is 0 Å². The molecule has 0 unspecified atom stereocenters. The zero-order valence-corrected chi connectivity index (χ0v) is 16.2. The van der Waals surface area contributed by atoms with Crippen molar-refractivity contribution in [2.45, 2.75) is 58.4 Å². The van der Waals surface area contributed by atoms with Gasteiger partial charge in [-0.05, 0) is 74.2 Å². The van der Waals surface area contributed by atoms with E-state index in [-0.39, 0.29) is 11.3 Å². The fraction of sp³-hybridized carbons (Fsp3) is 0.565. The highest BCUT2D eigenvalue weighted by Crippen LogP contribution is 2.61. The van der Waals surface area contributed by atoms with Gasteiger partial charge in [0.05, 0.1) is 18.4 Å². The molecular weight excluding hydrogens is 334 g/mol. The fourth-order valence-corrected chi connectivity index (χ4v) is 6.45. The van der Waals surface area contributed by atoms with Gasteiger partial charge in [0.1, 0.15) is 0 Å². The van der Waals surface area contributed by atoms with E-state index in [1.807, 2.05) is 10.9 Å². The number of amides is 1. The Morgan fingerprint density at radius 3 is 2.37 bits per heavy atom. The number of carbonyl (C=O) groups is 1. The van der Waals surface area contributed by atoms with E-state index in [0.717, 1.165) is 30.0 Å². The van der Waals surface area contributed by atoms with Gasteiger partial charge in [0.15, 0.2) is 0 Å². The number of benzene rings is 1. The largest absolute Gasteiger partial charge is 0.323 e. The summed E-state index contributed by atoms with van der Waals surface area (Å²) in [6, 6.07) is 8.49. The lowest BCUT2D eigenvalue weighted by molar-refractivity contribution is -0.124. The Balaban J connectivity index is 1.20. The van der Waals surface area contributed by atoms with Gasteiger partial charge in [0, 0.05) is 12.6 Å². The summed E-state index contributed by atoms with van der Waals surface area (Å²) in [5.41, 5.74) is 3.58. The molecule has 4 nitrogen and oxygen atoms in total. The number of rotatable bonds is 5. The molecule has 4 bridgehead atoms. The molecular formula is C23H29N3O. The summed E-state index contributed by atoms with van der Waals surface area (Å²) in [6.07, 6.45) is 12.5. The average molecular weight is 364 g/mol. The zero-order chi connectivity index (χ0) is 18.4. The molecule has 1 aromatic carbocycles. The van der Waals surface area contributed by atoms with Gasteiger partial charge in [0.2, 0.25) is 5.91 Å². The van der Waals surface area contributed by atoms with Crippen LogP contribution in [0.3, 0.4) is 0 Å². The number of carbonyl (C=O) groups excluding carboxylic acids is 1. The zero-order valence-electron chi connectivity index (χ0n) is 16.2. The number of nitrogens with one attached hydrogen (secondary N) is 1. The molecule has 1 amide bonds. The highest BCUT2D eigenvalue weighted by Gasteiger charge is 2.51. The molecule has 0 radical (unpaired) electrons. The van der Waals surface area contributed by atoms with Crippen LogP contribution in [0.1, 0.15) is 56.1 Å². The molecule has 4 saturated carbocycles. The molecule has 4 fully saturated rings. The van der Waals surface area contributed by atoms with Gasteiger partial charge in [-0.25, -0.2) is 0 Å². The molecule has 2 aromatic rings. The van der Waals surface area contributed by atoms with Crippen molar-refractivity contribution >= 4 is 11.6 Å². The summed E-state index contributed by atoms with van der Waals surface area (Å²) in [4.78, 5) is 12.8. The minimum absolute atomic E-state index is 0.173. The lowest BCUT2D eigenvalue weighted by atomic mass is 9.49. The van der Waals surface area contributed by atoms with Gasteiger partial charge >= 0.3 is 0 Å². The molecule has 4 aliphatic rings. The van der Waals surface area contributed by atoms with Crippen LogP contribution in [0, 0.1) is 30.1 Å². The van der Waals surface area contributed by atoms with Crippen molar-refractivity contribution in [1.82, 2.24) is 9.78 Å². The maximum atomic E-state index is 12.8. The number of nitrogens with zero attached hydrogens (tertiary/aromatic N) is 2. The Morgan fingerprint density at radius 2 is 1.74 bits per heavy atom. The molecule has 142 valence electrons. The first-order valence-electron chi connectivity index (χ1n) is 10.4. The van der Waals surface area contributed by atoms with Crippen molar-refractivity contribution in [3.05, 3.63) is 47.8 Å². The predicted molar refractivity (Wildman–Crippen MR) is 106 cm³/mol. The summed E-state index contributed by atoms with van der Waals surface area (Å²) in [5, 5.41) is 7.53. The molecule has 0 saturated heterocycles. The van der Waals surface area contributed by atoms with E-state index in [4.69, 9.17) is 0 Å². The summed E-state index contributed by atoms with van der Waals surface area (Å²) < 4.78 is 1.89. The van der Waals surface area contributed by atoms with Crippen LogP contribution in [0.15, 0.2) is 36.7 Å². The SMILES string of the molecule is Cc1ccc(Cn2cc(NC(=O)CC34CC5CC(CC(C5)C3)C4)cn2)cc1. The highest BCUT2D eigenvalue weighted by molar-refractivity contribution is 5.90. The van der Waals surface area contributed by atoms with Crippen molar-refractivity contribution in [2.75, 3.05) is 5.32 Å². The summed E-state index contributed by atoms with van der Waals surface area (Å²) >= 11 is 0. The quantitative estimate of drug-likeness (QED) is 0.830. The van der Waals surface area contributed by atoms with E-state index in [1.54, 1.807) is 6.20 Å². The van der Waals surface area contributed by atoms with Gasteiger partial charge in [0.25, 0.3) is 0 Å². The second kappa shape index (κ2) is 6.50. The topological polar surface area (TPSA) is 46.9 Å². The second-order valence-electron chi connectivity index (χ2n) is 9.55. The Labute approximate surface area is 161 Å². The second-order valence-corrected chi connectivity index (χ2v) is 9.55. The molecule has 0 spiro atoms. The number of anilines is 1. The van der Waals surface area contributed by atoms with Crippen molar-refractivity contribution < 1.29 is 4.79 Å². The van der Waals surface area contributed by atoms with E-state index in [9.17, 15) is 4.79 Å². The minimum Gasteiger partial charge on any atom is -0.323 e. The third-order valence-corrected chi connectivity index (χ3v) is 7.08. The molecule has 27 heavy (non-hydrogen) atoms. The molecule has 1 heterocycles. The normalized spacial score (nSPS) is 31.2. The van der Waals surface area contributed by atoms with Crippen molar-refractivity contribution in [1.29, 1.82) is 0 Å². The molecule has 6 rings (SSSR count). The minimum atomic E-state index is 0.173. The first-order valence-corrected chi connectivity index (χ1v) is 10.4. The van der Waals surface area contributed by atoms with E-state index in [1.165, 1.54) is 49.7 Å². The lowest BCUT2D eigenvalue weighted by Gasteiger charge is -2.56. The van der Waals surface area contributed by atoms with Crippen LogP contribution in [0.5, 0.6) is 0 Å². The van der Waals surface area contributed by atoms with Crippen LogP contribution in [-0.2, 0) is 11.3 Å². The van der Waals surface area contributed by atoms with Gasteiger partial charge < -0.3 is 5.32 Å². The summed E-state index contributed by atoms with van der Waals surface area (Å²) in [7, 11) is 0. The predicted octanol–water partition coefficient (Wildman–Crippen LogP) is 4.78. The monoisotopic (exact) mass is 363 g/mol. The average Bonchev–Trinajstić information content (AvgIpc) is 3.02. The smallest absolute Gasteiger partial charge is 0.225 e. The fourth-order valence-electron chi connectivity index (χ4n) is 6.45. The van der Waals surface area contributed by atoms with Crippen LogP contribution >= 0.6 is 0 Å². The number of aromatic nitrogens is 2. The van der Waals surface area contributed by atoms with E-state index in [2.05, 4.69) is 41.6 Å². The number of aryl methyl sites for hydroxylation is 1. The maximum absolute atomic E-state index is 12.8. The number of hydrogen-bond donors (Lipinski definition) is 1. The highest BCUT2D eigenvalue weighted by atomic mass is 16.1. The lowest BCUT2D eigenvalue weighted by Crippen LogP contribution is -2.47. The molecule has 0 atom stereocenters. The van der Waals surface area contributed by atoms with Crippen LogP contribution in [0.25, 0.3) is 0 Å². The molecule has 4 heteroatoms. The van der Waals surface area contributed by atoms with E-state index >= 15 is 0 Å². The maximum Gasteiger partial charge on any atom is 0.225 e. The summed E-state index contributed by atoms with van der Waals surface area (Å²) in [5.74, 6) is 2.84. The van der Waals surface area contributed by atoms with Gasteiger partial charge in [-0.3, -0.25) is 9.48 Å². The standard InChI is InChI=1S/C23H29N3O/c1-16-2-4-17(5-3-16)14-26-15-21(13-24-26)25-22(27)12-23-9-18-6-19(10-23)8-20(7-18)11-23/h2-5,13,15,18-20H,6-12,14H2,1H3,(H,25,27). The van der Waals surface area contributed by atoms with E-state index in [0.29, 0.717) is 6.42 Å². The molecule has 0 aliphatic heterocycles. The third-order valence-electron chi connectivity index (χ3n) is 7.08. The summed E-state index contributed by atoms with van der Waals surface area (Å²) in [6.45, 7) is 2.82. The van der Waals surface area contributed by atoms with Crippen molar-refractivity contribution in [3.63, 3.8) is 0 Å².